The van der Waals surface area contributed by atoms with Crippen LogP contribution in [-0.2, 0) is 4.79 Å². The summed E-state index contributed by atoms with van der Waals surface area (Å²) in [5.41, 5.74) is 5.43. The summed E-state index contributed by atoms with van der Waals surface area (Å²) in [6, 6.07) is -0.327. The van der Waals surface area contributed by atoms with Gasteiger partial charge in [-0.1, -0.05) is 0 Å². The van der Waals surface area contributed by atoms with Crippen molar-refractivity contribution in [2.45, 2.75) is 12.5 Å². The zero-order valence-electron chi connectivity index (χ0n) is 6.19. The summed E-state index contributed by atoms with van der Waals surface area (Å²) >= 11 is 0. The second-order valence-electron chi connectivity index (χ2n) is 2.44. The van der Waals surface area contributed by atoms with Gasteiger partial charge in [0.05, 0.1) is 12.6 Å². The highest BCUT2D eigenvalue weighted by Gasteiger charge is 2.27. The van der Waals surface area contributed by atoms with E-state index in [9.17, 15) is 4.79 Å². The van der Waals surface area contributed by atoms with E-state index in [0.29, 0.717) is 13.1 Å². The topological polar surface area (TPSA) is 66.6 Å². The number of amides is 1. The van der Waals surface area contributed by atoms with Crippen LogP contribution in [0.1, 0.15) is 6.42 Å². The summed E-state index contributed by atoms with van der Waals surface area (Å²) in [6.07, 6.45) is 0.721. The molecule has 4 nitrogen and oxygen atoms in total. The molecule has 11 heavy (non-hydrogen) atoms. The van der Waals surface area contributed by atoms with Crippen molar-refractivity contribution in [3.63, 3.8) is 0 Å². The summed E-state index contributed by atoms with van der Waals surface area (Å²) in [4.78, 5) is 12.6. The van der Waals surface area contributed by atoms with E-state index in [1.807, 2.05) is 0 Å². The number of aliphatic hydroxyl groups excluding tert-OH is 1. The average Bonchev–Trinajstić information content (AvgIpc) is 2.20. The third kappa shape index (κ3) is 2.32. The third-order valence-corrected chi connectivity index (χ3v) is 1.71. The molecule has 1 rings (SSSR count). The van der Waals surface area contributed by atoms with Crippen molar-refractivity contribution in [2.24, 2.45) is 5.73 Å². The van der Waals surface area contributed by atoms with Gasteiger partial charge in [0.2, 0.25) is 5.91 Å². The molecule has 0 aromatic carbocycles. The number of β-amino-alcohol motifs (C(OH)–C–C–N with tert-alkyl or cyclic N) is 1. The lowest BCUT2D eigenvalue weighted by Crippen LogP contribution is -2.35. The van der Waals surface area contributed by atoms with Gasteiger partial charge in [0.15, 0.2) is 0 Å². The number of aliphatic hydroxyl groups is 1. The molecule has 0 aliphatic carbocycles. The molecule has 5 heteroatoms. The molecule has 0 aromatic rings. The summed E-state index contributed by atoms with van der Waals surface area (Å²) < 4.78 is 0. The number of rotatable bonds is 2. The molecule has 0 spiro atoms. The SMILES string of the molecule is Cl.N[C@H]1CCN(CCO)C1=O. The van der Waals surface area contributed by atoms with Gasteiger partial charge in [-0.3, -0.25) is 4.79 Å². The first-order valence-electron chi connectivity index (χ1n) is 3.41. The highest BCUT2D eigenvalue weighted by atomic mass is 35.5. The van der Waals surface area contributed by atoms with Gasteiger partial charge in [0, 0.05) is 13.1 Å². The molecule has 1 fully saturated rings. The number of halogens is 1. The minimum atomic E-state index is -0.327. The van der Waals surface area contributed by atoms with Gasteiger partial charge in [0.25, 0.3) is 0 Å². The van der Waals surface area contributed by atoms with Crippen molar-refractivity contribution < 1.29 is 9.90 Å². The molecule has 1 amide bonds. The minimum absolute atomic E-state index is 0. The maximum Gasteiger partial charge on any atom is 0.239 e. The Balaban J connectivity index is 0.000001000. The van der Waals surface area contributed by atoms with Crippen LogP contribution in [-0.4, -0.2) is 41.7 Å². The number of hydrogen-bond donors (Lipinski definition) is 2. The zero-order chi connectivity index (χ0) is 7.56. The third-order valence-electron chi connectivity index (χ3n) is 1.71. The minimum Gasteiger partial charge on any atom is -0.395 e. The van der Waals surface area contributed by atoms with E-state index in [-0.39, 0.29) is 31.0 Å². The number of nitrogens with zero attached hydrogens (tertiary/aromatic N) is 1. The van der Waals surface area contributed by atoms with Crippen molar-refractivity contribution >= 4 is 18.3 Å². The molecule has 1 aliphatic rings. The first kappa shape index (κ1) is 10.7. The first-order chi connectivity index (χ1) is 4.75. The molecule has 0 unspecified atom stereocenters. The Kier molecular flexibility index (Phi) is 4.40. The van der Waals surface area contributed by atoms with E-state index in [0.717, 1.165) is 6.42 Å². The van der Waals surface area contributed by atoms with Crippen molar-refractivity contribution in [1.82, 2.24) is 4.90 Å². The monoisotopic (exact) mass is 180 g/mol. The first-order valence-corrected chi connectivity index (χ1v) is 3.41. The molecular formula is C6H13ClN2O2. The van der Waals surface area contributed by atoms with Gasteiger partial charge in [-0.05, 0) is 6.42 Å². The average molecular weight is 181 g/mol. The van der Waals surface area contributed by atoms with Crippen LogP contribution in [0.4, 0.5) is 0 Å². The highest BCUT2D eigenvalue weighted by molar-refractivity contribution is 5.85. The van der Waals surface area contributed by atoms with Crippen molar-refractivity contribution in [1.29, 1.82) is 0 Å². The lowest BCUT2D eigenvalue weighted by Gasteiger charge is -2.12. The van der Waals surface area contributed by atoms with E-state index in [2.05, 4.69) is 0 Å². The van der Waals surface area contributed by atoms with Crippen LogP contribution in [0.15, 0.2) is 0 Å². The van der Waals surface area contributed by atoms with Crippen LogP contribution in [0.5, 0.6) is 0 Å². The van der Waals surface area contributed by atoms with Gasteiger partial charge in [-0.2, -0.15) is 0 Å². The fourth-order valence-electron chi connectivity index (χ4n) is 1.11. The van der Waals surface area contributed by atoms with Gasteiger partial charge in [-0.15, -0.1) is 12.4 Å². The van der Waals surface area contributed by atoms with E-state index < -0.39 is 0 Å². The molecule has 1 saturated heterocycles. The second kappa shape index (κ2) is 4.54. The van der Waals surface area contributed by atoms with Gasteiger partial charge >= 0.3 is 0 Å². The normalized spacial score (nSPS) is 23.6. The van der Waals surface area contributed by atoms with Gasteiger partial charge in [-0.25, -0.2) is 0 Å². The Labute approximate surface area is 71.8 Å². The Hall–Kier alpha value is -0.320. The van der Waals surface area contributed by atoms with Gasteiger partial charge < -0.3 is 15.7 Å². The van der Waals surface area contributed by atoms with Crippen LogP contribution >= 0.6 is 12.4 Å². The summed E-state index contributed by atoms with van der Waals surface area (Å²) in [6.45, 7) is 1.14. The number of carbonyl (C=O) groups is 1. The maximum atomic E-state index is 11.0. The molecule has 0 radical (unpaired) electrons. The molecule has 3 N–H and O–H groups in total. The fourth-order valence-corrected chi connectivity index (χ4v) is 1.11. The Bertz CT molecular complexity index is 141. The standard InChI is InChI=1S/C6H12N2O2.ClH/c7-5-1-2-8(3-4-9)6(5)10;/h5,9H,1-4,7H2;1H/t5-;/m0./s1. The predicted molar refractivity (Wildman–Crippen MR) is 43.5 cm³/mol. The van der Waals surface area contributed by atoms with Crippen LogP contribution < -0.4 is 5.73 Å². The largest absolute Gasteiger partial charge is 0.395 e. The molecule has 0 aromatic heterocycles. The lowest BCUT2D eigenvalue weighted by atomic mass is 10.3. The smallest absolute Gasteiger partial charge is 0.239 e. The quantitative estimate of drug-likeness (QED) is 0.571. The summed E-state index contributed by atoms with van der Waals surface area (Å²) in [5, 5.41) is 8.50. The van der Waals surface area contributed by atoms with Crippen LogP contribution in [0, 0.1) is 0 Å². The number of likely N-dealkylation sites (tertiary alicyclic amines) is 1. The molecular weight excluding hydrogens is 168 g/mol. The Morgan fingerprint density at radius 1 is 1.73 bits per heavy atom. The summed E-state index contributed by atoms with van der Waals surface area (Å²) in [7, 11) is 0. The molecule has 1 heterocycles. The van der Waals surface area contributed by atoms with E-state index >= 15 is 0 Å². The van der Waals surface area contributed by atoms with Crippen LogP contribution in [0.25, 0.3) is 0 Å². The molecule has 0 saturated carbocycles. The fraction of sp³-hybridized carbons (Fsp3) is 0.833. The highest BCUT2D eigenvalue weighted by Crippen LogP contribution is 2.07. The molecule has 0 bridgehead atoms. The Morgan fingerprint density at radius 3 is 2.73 bits per heavy atom. The summed E-state index contributed by atoms with van der Waals surface area (Å²) in [5.74, 6) is -0.0333. The van der Waals surface area contributed by atoms with Gasteiger partial charge in [0.1, 0.15) is 0 Å². The van der Waals surface area contributed by atoms with Crippen LogP contribution in [0.2, 0.25) is 0 Å². The van der Waals surface area contributed by atoms with E-state index in [4.69, 9.17) is 10.8 Å². The lowest BCUT2D eigenvalue weighted by molar-refractivity contribution is -0.129. The predicted octanol–water partition coefficient (Wildman–Crippen LogP) is -1.04. The van der Waals surface area contributed by atoms with Crippen molar-refractivity contribution in [2.75, 3.05) is 19.7 Å². The molecule has 1 aliphatic heterocycles. The number of hydrogen-bond acceptors (Lipinski definition) is 3. The van der Waals surface area contributed by atoms with Crippen molar-refractivity contribution in [3.8, 4) is 0 Å². The Morgan fingerprint density at radius 2 is 2.36 bits per heavy atom. The maximum absolute atomic E-state index is 11.0. The van der Waals surface area contributed by atoms with Crippen molar-refractivity contribution in [3.05, 3.63) is 0 Å². The second-order valence-corrected chi connectivity index (χ2v) is 2.44. The van der Waals surface area contributed by atoms with E-state index in [1.54, 1.807) is 4.90 Å². The molecule has 66 valence electrons. The zero-order valence-corrected chi connectivity index (χ0v) is 7.01. The number of nitrogens with two attached hydrogens (primary N) is 1. The number of carbonyl (C=O) groups excluding carboxylic acids is 1. The van der Waals surface area contributed by atoms with Crippen LogP contribution in [0.3, 0.4) is 0 Å². The van der Waals surface area contributed by atoms with E-state index in [1.165, 1.54) is 0 Å². The molecule has 1 atom stereocenters.